The van der Waals surface area contributed by atoms with E-state index in [0.717, 1.165) is 18.5 Å². The van der Waals surface area contributed by atoms with Crippen LogP contribution in [0, 0.1) is 0 Å². The summed E-state index contributed by atoms with van der Waals surface area (Å²) in [5.41, 5.74) is 6.47. The SMILES string of the molecule is O=C(NNc1ccccc1)Nc1cccc(S(=O)(=O)C2CCCC2)c1. The molecule has 0 aliphatic heterocycles. The molecular weight excluding hydrogens is 338 g/mol. The molecule has 7 heteroatoms. The molecule has 0 radical (unpaired) electrons. The lowest BCUT2D eigenvalue weighted by molar-refractivity contribution is 0.254. The van der Waals surface area contributed by atoms with Gasteiger partial charge >= 0.3 is 6.03 Å². The van der Waals surface area contributed by atoms with E-state index in [0.29, 0.717) is 18.5 Å². The number of hydrazine groups is 1. The zero-order valence-corrected chi connectivity index (χ0v) is 14.6. The van der Waals surface area contributed by atoms with Crippen molar-refractivity contribution in [3.8, 4) is 0 Å². The maximum absolute atomic E-state index is 12.6. The average Bonchev–Trinajstić information content (AvgIpc) is 3.17. The van der Waals surface area contributed by atoms with Gasteiger partial charge in [-0.15, -0.1) is 0 Å². The third-order valence-electron chi connectivity index (χ3n) is 4.26. The van der Waals surface area contributed by atoms with E-state index < -0.39 is 15.9 Å². The second-order valence-corrected chi connectivity index (χ2v) is 8.28. The summed E-state index contributed by atoms with van der Waals surface area (Å²) < 4.78 is 25.3. The van der Waals surface area contributed by atoms with Gasteiger partial charge in [0.25, 0.3) is 0 Å². The first kappa shape index (κ1) is 17.3. The number of urea groups is 1. The summed E-state index contributed by atoms with van der Waals surface area (Å²) in [6.07, 6.45) is 3.33. The molecular formula is C18H21N3O3S. The van der Waals surface area contributed by atoms with Crippen LogP contribution in [0.4, 0.5) is 16.2 Å². The molecule has 0 saturated heterocycles. The number of anilines is 2. The summed E-state index contributed by atoms with van der Waals surface area (Å²) in [6, 6.07) is 15.1. The number of hydrogen-bond donors (Lipinski definition) is 3. The van der Waals surface area contributed by atoms with Crippen LogP contribution in [-0.2, 0) is 9.84 Å². The van der Waals surface area contributed by atoms with E-state index in [9.17, 15) is 13.2 Å². The van der Waals surface area contributed by atoms with Crippen molar-refractivity contribution in [1.29, 1.82) is 0 Å². The normalized spacial score (nSPS) is 14.9. The van der Waals surface area contributed by atoms with E-state index >= 15 is 0 Å². The zero-order valence-electron chi connectivity index (χ0n) is 13.7. The molecule has 2 aromatic rings. The number of hydrogen-bond acceptors (Lipinski definition) is 4. The Morgan fingerprint density at radius 1 is 0.920 bits per heavy atom. The third kappa shape index (κ3) is 4.30. The van der Waals surface area contributed by atoms with Crippen molar-refractivity contribution < 1.29 is 13.2 Å². The van der Waals surface area contributed by atoms with Crippen LogP contribution in [0.1, 0.15) is 25.7 Å². The van der Waals surface area contributed by atoms with Crippen LogP contribution in [0.2, 0.25) is 0 Å². The van der Waals surface area contributed by atoms with Crippen molar-refractivity contribution in [2.45, 2.75) is 35.8 Å². The Kier molecular flexibility index (Phi) is 5.23. The van der Waals surface area contributed by atoms with Crippen molar-refractivity contribution in [1.82, 2.24) is 5.43 Å². The predicted molar refractivity (Wildman–Crippen MR) is 98.1 cm³/mol. The van der Waals surface area contributed by atoms with E-state index in [1.165, 1.54) is 6.07 Å². The molecule has 0 bridgehead atoms. The Labute approximate surface area is 147 Å². The maximum atomic E-state index is 12.6. The molecule has 1 aliphatic carbocycles. The lowest BCUT2D eigenvalue weighted by Gasteiger charge is -2.13. The zero-order chi connectivity index (χ0) is 17.7. The van der Waals surface area contributed by atoms with Crippen LogP contribution in [0.5, 0.6) is 0 Å². The summed E-state index contributed by atoms with van der Waals surface area (Å²) in [5, 5.41) is 2.33. The van der Waals surface area contributed by atoms with Crippen molar-refractivity contribution in [3.05, 3.63) is 54.6 Å². The van der Waals surface area contributed by atoms with Crippen LogP contribution in [-0.4, -0.2) is 19.7 Å². The van der Waals surface area contributed by atoms with Gasteiger partial charge in [-0.2, -0.15) is 0 Å². The summed E-state index contributed by atoms with van der Waals surface area (Å²) in [5.74, 6) is 0. The Bertz CT molecular complexity index is 832. The first-order valence-corrected chi connectivity index (χ1v) is 9.82. The average molecular weight is 359 g/mol. The minimum atomic E-state index is -3.34. The van der Waals surface area contributed by atoms with E-state index in [1.54, 1.807) is 18.2 Å². The number of benzene rings is 2. The van der Waals surface area contributed by atoms with Gasteiger partial charge in [0.2, 0.25) is 0 Å². The molecule has 1 fully saturated rings. The molecule has 0 spiro atoms. The summed E-state index contributed by atoms with van der Waals surface area (Å²) in [7, 11) is -3.34. The van der Waals surface area contributed by atoms with Crippen LogP contribution in [0.25, 0.3) is 0 Å². The van der Waals surface area contributed by atoms with Gasteiger partial charge < -0.3 is 5.32 Å². The van der Waals surface area contributed by atoms with E-state index in [-0.39, 0.29) is 10.1 Å². The summed E-state index contributed by atoms with van der Waals surface area (Å²) >= 11 is 0. The van der Waals surface area contributed by atoms with Gasteiger partial charge in [0, 0.05) is 5.69 Å². The monoisotopic (exact) mass is 359 g/mol. The van der Waals surface area contributed by atoms with Crippen LogP contribution < -0.4 is 16.2 Å². The number of para-hydroxylation sites is 1. The Morgan fingerprint density at radius 3 is 2.32 bits per heavy atom. The number of amides is 2. The fourth-order valence-electron chi connectivity index (χ4n) is 2.95. The molecule has 1 saturated carbocycles. The molecule has 2 amide bonds. The predicted octanol–water partition coefficient (Wildman–Crippen LogP) is 3.55. The molecule has 132 valence electrons. The van der Waals surface area contributed by atoms with Gasteiger partial charge in [-0.3, -0.25) is 10.9 Å². The van der Waals surface area contributed by atoms with E-state index in [2.05, 4.69) is 16.2 Å². The van der Waals surface area contributed by atoms with Crippen molar-refractivity contribution in [2.24, 2.45) is 0 Å². The molecule has 25 heavy (non-hydrogen) atoms. The highest BCUT2D eigenvalue weighted by Gasteiger charge is 2.30. The highest BCUT2D eigenvalue weighted by molar-refractivity contribution is 7.92. The van der Waals surface area contributed by atoms with Crippen LogP contribution in [0.15, 0.2) is 59.5 Å². The molecule has 2 aromatic carbocycles. The van der Waals surface area contributed by atoms with Gasteiger partial charge in [-0.1, -0.05) is 37.1 Å². The lowest BCUT2D eigenvalue weighted by Crippen LogP contribution is -2.33. The Morgan fingerprint density at radius 2 is 1.60 bits per heavy atom. The van der Waals surface area contributed by atoms with Gasteiger partial charge in [0.05, 0.1) is 15.8 Å². The topological polar surface area (TPSA) is 87.3 Å². The van der Waals surface area contributed by atoms with Gasteiger partial charge in [-0.05, 0) is 43.2 Å². The molecule has 0 aromatic heterocycles. The summed E-state index contributed by atoms with van der Waals surface area (Å²) in [6.45, 7) is 0. The van der Waals surface area contributed by atoms with E-state index in [1.807, 2.05) is 30.3 Å². The molecule has 3 rings (SSSR count). The second kappa shape index (κ2) is 7.57. The van der Waals surface area contributed by atoms with Crippen molar-refractivity contribution in [3.63, 3.8) is 0 Å². The molecule has 3 N–H and O–H groups in total. The lowest BCUT2D eigenvalue weighted by atomic mass is 10.3. The minimum absolute atomic E-state index is 0.258. The largest absolute Gasteiger partial charge is 0.337 e. The van der Waals surface area contributed by atoms with Gasteiger partial charge in [-0.25, -0.2) is 13.2 Å². The fraction of sp³-hybridized carbons (Fsp3) is 0.278. The highest BCUT2D eigenvalue weighted by Crippen LogP contribution is 2.30. The van der Waals surface area contributed by atoms with Crippen LogP contribution in [0.3, 0.4) is 0 Å². The Hall–Kier alpha value is -2.54. The van der Waals surface area contributed by atoms with Crippen LogP contribution >= 0.6 is 0 Å². The molecule has 0 heterocycles. The van der Waals surface area contributed by atoms with E-state index in [4.69, 9.17) is 0 Å². The molecule has 1 aliphatic rings. The quantitative estimate of drug-likeness (QED) is 0.713. The van der Waals surface area contributed by atoms with Crippen molar-refractivity contribution >= 4 is 27.2 Å². The molecule has 0 unspecified atom stereocenters. The molecule has 6 nitrogen and oxygen atoms in total. The highest BCUT2D eigenvalue weighted by atomic mass is 32.2. The first-order valence-electron chi connectivity index (χ1n) is 8.28. The Balaban J connectivity index is 1.64. The number of rotatable bonds is 5. The minimum Gasteiger partial charge on any atom is -0.307 e. The summed E-state index contributed by atoms with van der Waals surface area (Å²) in [4.78, 5) is 12.2. The number of nitrogens with one attached hydrogen (secondary N) is 3. The standard InChI is InChI=1S/C18H21N3O3S/c22-18(21-20-14-7-2-1-3-8-14)19-15-9-6-12-17(13-15)25(23,24)16-10-4-5-11-16/h1-3,6-9,12-13,16,20H,4-5,10-11H2,(H2,19,21,22). The third-order valence-corrected chi connectivity index (χ3v) is 6.52. The number of carbonyl (C=O) groups excluding carboxylic acids is 1. The molecule has 0 atom stereocenters. The first-order chi connectivity index (χ1) is 12.1. The maximum Gasteiger partial charge on any atom is 0.337 e. The van der Waals surface area contributed by atoms with Crippen molar-refractivity contribution in [2.75, 3.05) is 10.7 Å². The van der Waals surface area contributed by atoms with Gasteiger partial charge in [0.15, 0.2) is 9.84 Å². The fourth-order valence-corrected chi connectivity index (χ4v) is 4.85. The smallest absolute Gasteiger partial charge is 0.307 e. The number of carbonyl (C=O) groups is 1. The second-order valence-electron chi connectivity index (χ2n) is 6.05. The number of sulfone groups is 1. The van der Waals surface area contributed by atoms with Gasteiger partial charge in [0.1, 0.15) is 0 Å².